The highest BCUT2D eigenvalue weighted by molar-refractivity contribution is 5.46. The lowest BCUT2D eigenvalue weighted by atomic mass is 9.89. The van der Waals surface area contributed by atoms with E-state index in [0.29, 0.717) is 24.3 Å². The van der Waals surface area contributed by atoms with Gasteiger partial charge in [-0.1, -0.05) is 30.3 Å². The van der Waals surface area contributed by atoms with E-state index >= 15 is 0 Å². The molecule has 2 aromatic rings. The summed E-state index contributed by atoms with van der Waals surface area (Å²) >= 11 is 0. The van der Waals surface area contributed by atoms with Crippen LogP contribution in [0.15, 0.2) is 36.4 Å². The number of nitrogens with one attached hydrogen (secondary N) is 1. The Morgan fingerprint density at radius 2 is 1.89 bits per heavy atom. The van der Waals surface area contributed by atoms with E-state index in [0.717, 1.165) is 57.1 Å². The van der Waals surface area contributed by atoms with E-state index in [-0.39, 0.29) is 6.61 Å². The van der Waals surface area contributed by atoms with Gasteiger partial charge in [0.1, 0.15) is 5.82 Å². The van der Waals surface area contributed by atoms with Gasteiger partial charge < -0.3 is 20.1 Å². The van der Waals surface area contributed by atoms with Crippen molar-refractivity contribution in [2.24, 2.45) is 0 Å². The summed E-state index contributed by atoms with van der Waals surface area (Å²) in [6.07, 6.45) is 3.27. The molecule has 6 nitrogen and oxygen atoms in total. The second-order valence-corrected chi connectivity index (χ2v) is 7.36. The molecule has 0 amide bonds. The van der Waals surface area contributed by atoms with E-state index in [1.165, 1.54) is 5.56 Å². The van der Waals surface area contributed by atoms with Crippen LogP contribution >= 0.6 is 0 Å². The van der Waals surface area contributed by atoms with Crippen LogP contribution in [0.25, 0.3) is 0 Å². The second kappa shape index (κ2) is 8.67. The molecule has 1 aromatic heterocycles. The molecule has 27 heavy (non-hydrogen) atoms. The van der Waals surface area contributed by atoms with Crippen LogP contribution in [0, 0.1) is 0 Å². The fraction of sp³-hybridized carbons (Fsp3) is 0.524. The molecule has 1 aromatic carbocycles. The topological polar surface area (TPSA) is 70.5 Å². The lowest BCUT2D eigenvalue weighted by molar-refractivity contribution is 0.193. The van der Waals surface area contributed by atoms with Crippen LogP contribution in [-0.4, -0.2) is 54.5 Å². The van der Waals surface area contributed by atoms with Crippen molar-refractivity contribution in [1.82, 2.24) is 9.97 Å². The van der Waals surface area contributed by atoms with Gasteiger partial charge in [0.25, 0.3) is 0 Å². The first-order valence-corrected chi connectivity index (χ1v) is 9.95. The molecule has 2 fully saturated rings. The third kappa shape index (κ3) is 4.39. The third-order valence-electron chi connectivity index (χ3n) is 5.57. The molecular weight excluding hydrogens is 340 g/mol. The predicted octanol–water partition coefficient (Wildman–Crippen LogP) is 2.77. The van der Waals surface area contributed by atoms with Gasteiger partial charge in [-0.25, -0.2) is 4.98 Å². The molecule has 0 bridgehead atoms. The maximum absolute atomic E-state index is 9.12. The van der Waals surface area contributed by atoms with Crippen LogP contribution in [0.3, 0.4) is 0 Å². The minimum atomic E-state index is 0.0674. The fourth-order valence-corrected chi connectivity index (χ4v) is 4.01. The Labute approximate surface area is 160 Å². The van der Waals surface area contributed by atoms with E-state index < -0.39 is 0 Å². The largest absolute Gasteiger partial charge is 0.395 e. The number of anilines is 2. The van der Waals surface area contributed by atoms with E-state index in [1.54, 1.807) is 0 Å². The first kappa shape index (κ1) is 18.2. The Kier molecular flexibility index (Phi) is 5.84. The number of aliphatic hydroxyl groups excluding tert-OH is 1. The van der Waals surface area contributed by atoms with Crippen LogP contribution in [0.1, 0.15) is 42.4 Å². The number of benzene rings is 1. The van der Waals surface area contributed by atoms with Crippen molar-refractivity contribution in [1.29, 1.82) is 0 Å². The molecule has 2 aliphatic rings. The third-order valence-corrected chi connectivity index (χ3v) is 5.57. The summed E-state index contributed by atoms with van der Waals surface area (Å²) in [5.74, 6) is 2.55. The molecule has 0 aliphatic carbocycles. The van der Waals surface area contributed by atoms with Gasteiger partial charge >= 0.3 is 0 Å². The van der Waals surface area contributed by atoms with Crippen molar-refractivity contribution >= 4 is 11.8 Å². The average molecular weight is 368 g/mol. The smallest absolute Gasteiger partial charge is 0.224 e. The Morgan fingerprint density at radius 1 is 1.07 bits per heavy atom. The Morgan fingerprint density at radius 3 is 2.59 bits per heavy atom. The van der Waals surface area contributed by atoms with E-state index in [9.17, 15) is 0 Å². The molecule has 6 heteroatoms. The summed E-state index contributed by atoms with van der Waals surface area (Å²) in [6, 6.07) is 12.9. The Hall–Kier alpha value is -2.18. The first-order valence-electron chi connectivity index (χ1n) is 9.95. The maximum atomic E-state index is 9.12. The highest BCUT2D eigenvalue weighted by atomic mass is 16.5. The van der Waals surface area contributed by atoms with Gasteiger partial charge in [0, 0.05) is 38.2 Å². The summed E-state index contributed by atoms with van der Waals surface area (Å²) in [5.41, 5.74) is 2.48. The van der Waals surface area contributed by atoms with Gasteiger partial charge in [0.15, 0.2) is 0 Å². The summed E-state index contributed by atoms with van der Waals surface area (Å²) in [5, 5.41) is 12.2. The minimum Gasteiger partial charge on any atom is -0.395 e. The number of nitrogens with zero attached hydrogens (tertiary/aromatic N) is 3. The lowest BCUT2D eigenvalue weighted by Gasteiger charge is -2.33. The number of piperidine rings is 1. The molecule has 0 saturated carbocycles. The molecule has 2 aliphatic heterocycles. The highest BCUT2D eigenvalue weighted by Gasteiger charge is 2.25. The number of hydrogen-bond acceptors (Lipinski definition) is 6. The number of aromatic nitrogens is 2. The molecule has 0 spiro atoms. The van der Waals surface area contributed by atoms with E-state index in [4.69, 9.17) is 14.8 Å². The highest BCUT2D eigenvalue weighted by Crippen LogP contribution is 2.32. The van der Waals surface area contributed by atoms with E-state index in [2.05, 4.69) is 51.6 Å². The summed E-state index contributed by atoms with van der Waals surface area (Å²) in [6.45, 7) is 4.04. The number of rotatable bonds is 6. The molecular formula is C21H28N4O2. The molecule has 4 rings (SSSR count). The molecule has 3 heterocycles. The number of hydrogen-bond donors (Lipinski definition) is 2. The van der Waals surface area contributed by atoms with Crippen molar-refractivity contribution in [2.75, 3.05) is 49.7 Å². The maximum Gasteiger partial charge on any atom is 0.224 e. The normalized spacial score (nSPS) is 20.8. The molecule has 2 saturated heterocycles. The van der Waals surface area contributed by atoms with Crippen LogP contribution in [0.2, 0.25) is 0 Å². The average Bonchev–Trinajstić information content (AvgIpc) is 3.28. The molecule has 144 valence electrons. The van der Waals surface area contributed by atoms with Gasteiger partial charge in [-0.15, -0.1) is 0 Å². The Bertz CT molecular complexity index is 726. The number of ether oxygens (including phenoxy) is 1. The fourth-order valence-electron chi connectivity index (χ4n) is 4.01. The zero-order chi connectivity index (χ0) is 18.5. The SMILES string of the molecule is OCCNc1nc([C@H]2CCOC2)cc(N2CCC(c3ccccc3)CC2)n1. The summed E-state index contributed by atoms with van der Waals surface area (Å²) in [7, 11) is 0. The monoisotopic (exact) mass is 368 g/mol. The van der Waals surface area contributed by atoms with Gasteiger partial charge in [0.2, 0.25) is 5.95 Å². The molecule has 0 unspecified atom stereocenters. The van der Waals surface area contributed by atoms with Crippen LogP contribution < -0.4 is 10.2 Å². The van der Waals surface area contributed by atoms with Gasteiger partial charge in [-0.2, -0.15) is 4.98 Å². The summed E-state index contributed by atoms with van der Waals surface area (Å²) in [4.78, 5) is 11.8. The molecule has 2 N–H and O–H groups in total. The zero-order valence-electron chi connectivity index (χ0n) is 15.7. The van der Waals surface area contributed by atoms with Crippen LogP contribution in [-0.2, 0) is 4.74 Å². The lowest BCUT2D eigenvalue weighted by Crippen LogP contribution is -2.34. The zero-order valence-corrected chi connectivity index (χ0v) is 15.7. The molecule has 1 atom stereocenters. The van der Waals surface area contributed by atoms with Gasteiger partial charge in [-0.3, -0.25) is 0 Å². The minimum absolute atomic E-state index is 0.0674. The predicted molar refractivity (Wildman–Crippen MR) is 106 cm³/mol. The van der Waals surface area contributed by atoms with Crippen LogP contribution in [0.5, 0.6) is 0 Å². The van der Waals surface area contributed by atoms with Crippen LogP contribution in [0.4, 0.5) is 11.8 Å². The van der Waals surface area contributed by atoms with Crippen molar-refractivity contribution in [3.8, 4) is 0 Å². The standard InChI is InChI=1S/C21H28N4O2/c26-12-9-22-21-23-19(18-8-13-27-15-18)14-20(24-21)25-10-6-17(7-11-25)16-4-2-1-3-5-16/h1-5,14,17-18,26H,6-13,15H2,(H,22,23,24)/t18-/m0/s1. The first-order chi connectivity index (χ1) is 13.3. The Balaban J connectivity index is 1.49. The number of aliphatic hydroxyl groups is 1. The quantitative estimate of drug-likeness (QED) is 0.817. The second-order valence-electron chi connectivity index (χ2n) is 7.36. The van der Waals surface area contributed by atoms with Gasteiger partial charge in [0.05, 0.1) is 18.9 Å². The van der Waals surface area contributed by atoms with Crippen molar-refractivity contribution < 1.29 is 9.84 Å². The summed E-state index contributed by atoms with van der Waals surface area (Å²) < 4.78 is 5.55. The molecule has 0 radical (unpaired) electrons. The van der Waals surface area contributed by atoms with Crippen molar-refractivity contribution in [2.45, 2.75) is 31.1 Å². The van der Waals surface area contributed by atoms with Gasteiger partial charge in [-0.05, 0) is 30.7 Å². The van der Waals surface area contributed by atoms with E-state index in [1.807, 2.05) is 0 Å². The van der Waals surface area contributed by atoms with Crippen molar-refractivity contribution in [3.05, 3.63) is 47.7 Å². The van der Waals surface area contributed by atoms with Crippen molar-refractivity contribution in [3.63, 3.8) is 0 Å².